The highest BCUT2D eigenvalue weighted by Gasteiger charge is 2.39. The Morgan fingerprint density at radius 2 is 2.13 bits per heavy atom. The monoisotopic (exact) mass is 334 g/mol. The predicted octanol–water partition coefficient (Wildman–Crippen LogP) is 3.33. The largest absolute Gasteiger partial charge is 0.465 e. The fourth-order valence-corrected chi connectivity index (χ4v) is 3.08. The maximum atomic E-state index is 13.3. The maximum absolute atomic E-state index is 13.3. The Morgan fingerprint density at radius 3 is 2.70 bits per heavy atom. The predicted molar refractivity (Wildman–Crippen MR) is 75.6 cm³/mol. The molecule has 2 atom stereocenters. The highest BCUT2D eigenvalue weighted by Crippen LogP contribution is 2.38. The van der Waals surface area contributed by atoms with Gasteiger partial charge in [0, 0.05) is 13.1 Å². The van der Waals surface area contributed by atoms with Crippen molar-refractivity contribution in [1.29, 1.82) is 0 Å². The molecular formula is C15H18F4N2O2. The summed E-state index contributed by atoms with van der Waals surface area (Å²) < 4.78 is 50.0. The molecule has 0 bridgehead atoms. The number of hydrogen-bond acceptors (Lipinski definition) is 2. The Morgan fingerprint density at radius 1 is 1.43 bits per heavy atom. The molecule has 23 heavy (non-hydrogen) atoms. The fourth-order valence-electron chi connectivity index (χ4n) is 3.08. The minimum absolute atomic E-state index is 0.0464. The van der Waals surface area contributed by atoms with Gasteiger partial charge in [-0.25, -0.2) is 9.18 Å². The average Bonchev–Trinajstić information content (AvgIpc) is 2.81. The second-order valence-electron chi connectivity index (χ2n) is 5.72. The van der Waals surface area contributed by atoms with E-state index < -0.39 is 30.7 Å². The van der Waals surface area contributed by atoms with Crippen LogP contribution in [0.3, 0.4) is 0 Å². The third-order valence-corrected chi connectivity index (χ3v) is 4.05. The van der Waals surface area contributed by atoms with Gasteiger partial charge in [-0.1, -0.05) is 6.07 Å². The molecular weight excluding hydrogens is 316 g/mol. The quantitative estimate of drug-likeness (QED) is 0.831. The van der Waals surface area contributed by atoms with E-state index in [0.717, 1.165) is 0 Å². The first-order valence-electron chi connectivity index (χ1n) is 7.22. The summed E-state index contributed by atoms with van der Waals surface area (Å²) in [5, 5.41) is 11.7. The number of aryl methyl sites for hydroxylation is 1. The molecule has 1 aliphatic rings. The smallest absolute Gasteiger partial charge is 0.407 e. The molecule has 0 spiro atoms. The standard InChI is InChI=1S/C15H18F4N2O2/c1-9-6-11(16)2-3-12(9)13-10(4-5-21(13)14(22)23)7-20-8-15(17,18)19/h2-3,6,10,13,20H,4-5,7-8H2,1H3,(H,22,23)/t10-,13+/m0/s1. The summed E-state index contributed by atoms with van der Waals surface area (Å²) in [6, 6.07) is 3.47. The van der Waals surface area contributed by atoms with Crippen LogP contribution in [0.5, 0.6) is 0 Å². The molecule has 2 rings (SSSR count). The number of carbonyl (C=O) groups is 1. The number of rotatable bonds is 4. The van der Waals surface area contributed by atoms with Crippen LogP contribution in [0.2, 0.25) is 0 Å². The van der Waals surface area contributed by atoms with Crippen molar-refractivity contribution in [3.63, 3.8) is 0 Å². The van der Waals surface area contributed by atoms with E-state index >= 15 is 0 Å². The van der Waals surface area contributed by atoms with Crippen LogP contribution in [0.1, 0.15) is 23.6 Å². The topological polar surface area (TPSA) is 52.6 Å². The SMILES string of the molecule is Cc1cc(F)ccc1[C@H]1[C@H](CNCC(F)(F)F)CCN1C(=O)O. The van der Waals surface area contributed by atoms with E-state index in [1.165, 1.54) is 23.1 Å². The molecule has 128 valence electrons. The third-order valence-electron chi connectivity index (χ3n) is 4.05. The van der Waals surface area contributed by atoms with Gasteiger partial charge in [-0.3, -0.25) is 0 Å². The zero-order valence-electron chi connectivity index (χ0n) is 12.5. The lowest BCUT2D eigenvalue weighted by molar-refractivity contribution is -0.125. The molecule has 1 heterocycles. The molecule has 0 unspecified atom stereocenters. The van der Waals surface area contributed by atoms with Crippen LogP contribution >= 0.6 is 0 Å². The van der Waals surface area contributed by atoms with Gasteiger partial charge in [0.05, 0.1) is 12.6 Å². The van der Waals surface area contributed by atoms with Gasteiger partial charge in [0.15, 0.2) is 0 Å². The second-order valence-corrected chi connectivity index (χ2v) is 5.72. The second kappa shape index (κ2) is 6.74. The molecule has 0 aliphatic carbocycles. The Balaban J connectivity index is 2.19. The third kappa shape index (κ3) is 4.34. The summed E-state index contributed by atoms with van der Waals surface area (Å²) in [4.78, 5) is 12.6. The Kier molecular flexibility index (Phi) is 5.13. The molecule has 1 fully saturated rings. The van der Waals surface area contributed by atoms with E-state index in [-0.39, 0.29) is 19.0 Å². The van der Waals surface area contributed by atoms with Crippen molar-refractivity contribution >= 4 is 6.09 Å². The first-order chi connectivity index (χ1) is 10.7. The highest BCUT2D eigenvalue weighted by molar-refractivity contribution is 5.66. The zero-order valence-corrected chi connectivity index (χ0v) is 12.5. The number of hydrogen-bond donors (Lipinski definition) is 2. The molecule has 2 N–H and O–H groups in total. The van der Waals surface area contributed by atoms with Gasteiger partial charge in [-0.05, 0) is 42.5 Å². The van der Waals surface area contributed by atoms with E-state index in [9.17, 15) is 27.5 Å². The number of amides is 1. The molecule has 8 heteroatoms. The molecule has 1 aromatic carbocycles. The van der Waals surface area contributed by atoms with Crippen molar-refractivity contribution in [3.8, 4) is 0 Å². The summed E-state index contributed by atoms with van der Waals surface area (Å²) in [7, 11) is 0. The molecule has 1 aliphatic heterocycles. The fraction of sp³-hybridized carbons (Fsp3) is 0.533. The number of halogens is 4. The normalized spacial score (nSPS) is 21.7. The van der Waals surface area contributed by atoms with E-state index in [1.807, 2.05) is 0 Å². The van der Waals surface area contributed by atoms with Crippen molar-refractivity contribution in [2.24, 2.45) is 5.92 Å². The zero-order chi connectivity index (χ0) is 17.2. The number of carboxylic acid groups (broad SMARTS) is 1. The van der Waals surface area contributed by atoms with E-state index in [2.05, 4.69) is 5.32 Å². The highest BCUT2D eigenvalue weighted by atomic mass is 19.4. The van der Waals surface area contributed by atoms with Crippen LogP contribution in [-0.2, 0) is 0 Å². The van der Waals surface area contributed by atoms with Crippen molar-refractivity contribution in [3.05, 3.63) is 35.1 Å². The Bertz CT molecular complexity index is 577. The molecule has 0 radical (unpaired) electrons. The summed E-state index contributed by atoms with van der Waals surface area (Å²) in [5.41, 5.74) is 1.22. The van der Waals surface area contributed by atoms with Gasteiger partial charge in [0.2, 0.25) is 0 Å². The first kappa shape index (κ1) is 17.5. The van der Waals surface area contributed by atoms with Crippen LogP contribution in [0, 0.1) is 18.7 Å². The summed E-state index contributed by atoms with van der Waals surface area (Å²) in [6.45, 7) is 0.836. The maximum Gasteiger partial charge on any atom is 0.407 e. The molecule has 0 saturated carbocycles. The van der Waals surface area contributed by atoms with Crippen molar-refractivity contribution in [1.82, 2.24) is 10.2 Å². The number of benzene rings is 1. The van der Waals surface area contributed by atoms with E-state index in [1.54, 1.807) is 6.92 Å². The lowest BCUT2D eigenvalue weighted by atomic mass is 9.90. The van der Waals surface area contributed by atoms with E-state index in [4.69, 9.17) is 0 Å². The Labute approximate surface area is 131 Å². The number of nitrogens with one attached hydrogen (secondary N) is 1. The first-order valence-corrected chi connectivity index (χ1v) is 7.22. The van der Waals surface area contributed by atoms with Crippen molar-refractivity contribution < 1.29 is 27.5 Å². The van der Waals surface area contributed by atoms with Crippen LogP contribution < -0.4 is 5.32 Å². The van der Waals surface area contributed by atoms with Gasteiger partial charge < -0.3 is 15.3 Å². The van der Waals surface area contributed by atoms with Crippen LogP contribution in [0.15, 0.2) is 18.2 Å². The lowest BCUT2D eigenvalue weighted by Crippen LogP contribution is -2.36. The average molecular weight is 334 g/mol. The van der Waals surface area contributed by atoms with Gasteiger partial charge in [-0.15, -0.1) is 0 Å². The minimum atomic E-state index is -4.31. The molecule has 4 nitrogen and oxygen atoms in total. The van der Waals surface area contributed by atoms with Crippen molar-refractivity contribution in [2.75, 3.05) is 19.6 Å². The van der Waals surface area contributed by atoms with Crippen LogP contribution in [-0.4, -0.2) is 41.9 Å². The van der Waals surface area contributed by atoms with Crippen LogP contribution in [0.4, 0.5) is 22.4 Å². The summed E-state index contributed by atoms with van der Waals surface area (Å²) in [5.74, 6) is -0.726. The molecule has 0 aromatic heterocycles. The van der Waals surface area contributed by atoms with E-state index in [0.29, 0.717) is 17.5 Å². The number of nitrogens with zero attached hydrogens (tertiary/aromatic N) is 1. The van der Waals surface area contributed by atoms with Gasteiger partial charge in [0.1, 0.15) is 5.82 Å². The molecule has 1 amide bonds. The van der Waals surface area contributed by atoms with Crippen LogP contribution in [0.25, 0.3) is 0 Å². The molecule has 1 saturated heterocycles. The molecule has 1 aromatic rings. The Hall–Kier alpha value is -1.83. The van der Waals surface area contributed by atoms with Crippen molar-refractivity contribution in [2.45, 2.75) is 25.6 Å². The number of likely N-dealkylation sites (tertiary alicyclic amines) is 1. The van der Waals surface area contributed by atoms with Gasteiger partial charge >= 0.3 is 12.3 Å². The lowest BCUT2D eigenvalue weighted by Gasteiger charge is -2.28. The summed E-state index contributed by atoms with van der Waals surface area (Å²) >= 11 is 0. The van der Waals surface area contributed by atoms with Gasteiger partial charge in [0.25, 0.3) is 0 Å². The number of alkyl halides is 3. The summed E-state index contributed by atoms with van der Waals surface area (Å²) in [6.07, 6.45) is -4.98. The van der Waals surface area contributed by atoms with Gasteiger partial charge in [-0.2, -0.15) is 13.2 Å². The minimum Gasteiger partial charge on any atom is -0.465 e.